The molecule has 0 saturated heterocycles. The zero-order chi connectivity index (χ0) is 25.5. The van der Waals surface area contributed by atoms with Crippen LogP contribution in [0.2, 0.25) is 0 Å². The van der Waals surface area contributed by atoms with Gasteiger partial charge >= 0.3 is 6.03 Å². The summed E-state index contributed by atoms with van der Waals surface area (Å²) in [5.74, 6) is -0.497. The molecule has 37 heavy (non-hydrogen) atoms. The predicted octanol–water partition coefficient (Wildman–Crippen LogP) is 6.84. The largest absolute Gasteiger partial charge is 0.323 e. The highest BCUT2D eigenvalue weighted by atomic mass is 32.1. The smallest absolute Gasteiger partial charge is 0.308 e. The number of hydrogen-bond donors (Lipinski definition) is 2. The average molecular weight is 511 g/mol. The molecule has 4 aromatic rings. The van der Waals surface area contributed by atoms with Crippen LogP contribution in [0.1, 0.15) is 58.4 Å². The third-order valence-electron chi connectivity index (χ3n) is 7.05. The van der Waals surface area contributed by atoms with E-state index < -0.39 is 6.03 Å². The van der Waals surface area contributed by atoms with Gasteiger partial charge in [-0.25, -0.2) is 9.78 Å². The van der Waals surface area contributed by atoms with Crippen molar-refractivity contribution in [2.75, 3.05) is 10.6 Å². The van der Waals surface area contributed by atoms with E-state index in [1.54, 1.807) is 29.5 Å². The molecule has 1 fully saturated rings. The summed E-state index contributed by atoms with van der Waals surface area (Å²) in [6.45, 7) is 2.07. The van der Waals surface area contributed by atoms with Gasteiger partial charge in [-0.2, -0.15) is 0 Å². The van der Waals surface area contributed by atoms with Crippen LogP contribution < -0.4 is 10.6 Å². The molecule has 0 radical (unpaired) electrons. The first-order chi connectivity index (χ1) is 18.0. The highest BCUT2D eigenvalue weighted by Crippen LogP contribution is 2.33. The van der Waals surface area contributed by atoms with Gasteiger partial charge in [-0.15, -0.1) is 11.3 Å². The Morgan fingerprint density at radius 2 is 1.57 bits per heavy atom. The van der Waals surface area contributed by atoms with Crippen LogP contribution in [0, 0.1) is 6.92 Å². The van der Waals surface area contributed by atoms with Crippen molar-refractivity contribution in [1.29, 1.82) is 0 Å². The zero-order valence-electron chi connectivity index (χ0n) is 20.4. The second-order valence-electron chi connectivity index (χ2n) is 9.68. The Balaban J connectivity index is 1.12. The molecule has 1 saturated carbocycles. The van der Waals surface area contributed by atoms with Gasteiger partial charge in [0.1, 0.15) is 5.01 Å². The van der Waals surface area contributed by atoms with Gasteiger partial charge in [0.05, 0.1) is 21.3 Å². The number of benzene rings is 3. The van der Waals surface area contributed by atoms with Gasteiger partial charge in [-0.3, -0.25) is 14.5 Å². The maximum atomic E-state index is 13.0. The molecule has 6 rings (SSSR count). The van der Waals surface area contributed by atoms with Crippen LogP contribution >= 0.6 is 11.3 Å². The molecule has 1 aliphatic carbocycles. The summed E-state index contributed by atoms with van der Waals surface area (Å²) < 4.78 is 1.15. The van der Waals surface area contributed by atoms with Gasteiger partial charge in [0.25, 0.3) is 11.8 Å². The van der Waals surface area contributed by atoms with Gasteiger partial charge in [0, 0.05) is 23.0 Å². The molecular formula is C29H26N4O3S. The minimum atomic E-state index is -0.427. The van der Waals surface area contributed by atoms with Crippen LogP contribution in [-0.2, 0) is 0 Å². The summed E-state index contributed by atoms with van der Waals surface area (Å²) in [7, 11) is 0. The van der Waals surface area contributed by atoms with E-state index in [1.165, 1.54) is 10.5 Å². The molecule has 4 amide bonds. The van der Waals surface area contributed by atoms with Crippen molar-refractivity contribution in [3.8, 4) is 10.6 Å². The van der Waals surface area contributed by atoms with Gasteiger partial charge < -0.3 is 10.6 Å². The lowest BCUT2D eigenvalue weighted by Crippen LogP contribution is -2.40. The first-order valence-corrected chi connectivity index (χ1v) is 13.4. The monoisotopic (exact) mass is 510 g/mol. The Morgan fingerprint density at radius 3 is 2.35 bits per heavy atom. The quantitative estimate of drug-likeness (QED) is 0.294. The van der Waals surface area contributed by atoms with Crippen molar-refractivity contribution in [2.45, 2.75) is 45.1 Å². The number of carbonyl (C=O) groups is 3. The van der Waals surface area contributed by atoms with Crippen LogP contribution in [0.3, 0.4) is 0 Å². The molecule has 3 aromatic carbocycles. The van der Waals surface area contributed by atoms with Crippen LogP contribution in [0.15, 0.2) is 60.7 Å². The topological polar surface area (TPSA) is 91.4 Å². The fourth-order valence-corrected chi connectivity index (χ4v) is 6.22. The van der Waals surface area contributed by atoms with Crippen LogP contribution in [-0.4, -0.2) is 33.8 Å². The maximum absolute atomic E-state index is 13.0. The van der Waals surface area contributed by atoms with E-state index >= 15 is 0 Å². The van der Waals surface area contributed by atoms with Crippen molar-refractivity contribution in [1.82, 2.24) is 9.88 Å². The van der Waals surface area contributed by atoms with Crippen molar-refractivity contribution < 1.29 is 14.4 Å². The second kappa shape index (κ2) is 9.44. The van der Waals surface area contributed by atoms with Crippen LogP contribution in [0.25, 0.3) is 20.8 Å². The average Bonchev–Trinajstić information content (AvgIpc) is 3.43. The molecule has 2 N–H and O–H groups in total. The Bertz CT molecular complexity index is 1540. The molecule has 0 bridgehead atoms. The Kier molecular flexibility index (Phi) is 5.96. The number of anilines is 2. The fourth-order valence-electron chi connectivity index (χ4n) is 5.15. The van der Waals surface area contributed by atoms with Crippen molar-refractivity contribution >= 4 is 50.8 Å². The molecule has 186 valence electrons. The Labute approximate surface area is 218 Å². The third kappa shape index (κ3) is 4.49. The zero-order valence-corrected chi connectivity index (χ0v) is 21.2. The predicted molar refractivity (Wildman–Crippen MR) is 146 cm³/mol. The van der Waals surface area contributed by atoms with Crippen LogP contribution in [0.5, 0.6) is 0 Å². The van der Waals surface area contributed by atoms with Crippen molar-refractivity contribution in [3.05, 3.63) is 77.4 Å². The maximum Gasteiger partial charge on any atom is 0.323 e. The summed E-state index contributed by atoms with van der Waals surface area (Å²) in [4.78, 5) is 44.7. The third-order valence-corrected chi connectivity index (χ3v) is 8.12. The van der Waals surface area contributed by atoms with Crippen LogP contribution in [0.4, 0.5) is 16.2 Å². The fraction of sp³-hybridized carbons (Fsp3) is 0.241. The number of nitrogens with one attached hydrogen (secondary N) is 2. The molecule has 8 heteroatoms. The molecular weight excluding hydrogens is 484 g/mol. The van der Waals surface area contributed by atoms with E-state index in [2.05, 4.69) is 29.7 Å². The summed E-state index contributed by atoms with van der Waals surface area (Å²) >= 11 is 1.64. The molecule has 2 aliphatic rings. The molecule has 2 heterocycles. The molecule has 1 aromatic heterocycles. The Hall–Kier alpha value is -4.04. The number of fused-ring (bicyclic) bond motifs is 2. The van der Waals surface area contributed by atoms with E-state index in [-0.39, 0.29) is 17.9 Å². The summed E-state index contributed by atoms with van der Waals surface area (Å²) in [5.41, 5.74) is 5.01. The van der Waals surface area contributed by atoms with Gasteiger partial charge in [-0.1, -0.05) is 25.3 Å². The van der Waals surface area contributed by atoms with Crippen molar-refractivity contribution in [2.24, 2.45) is 0 Å². The summed E-state index contributed by atoms with van der Waals surface area (Å²) in [5, 5.41) is 6.53. The number of imide groups is 1. The second-order valence-corrected chi connectivity index (χ2v) is 10.7. The minimum absolute atomic E-state index is 0.0318. The molecule has 1 aliphatic heterocycles. The number of amides is 4. The lowest BCUT2D eigenvalue weighted by molar-refractivity contribution is 0.0549. The summed E-state index contributed by atoms with van der Waals surface area (Å²) in [6, 6.07) is 18.2. The molecule has 0 atom stereocenters. The summed E-state index contributed by atoms with van der Waals surface area (Å²) in [6.07, 6.45) is 4.93. The van der Waals surface area contributed by atoms with Gasteiger partial charge in [-0.05, 0) is 79.9 Å². The normalized spacial score (nSPS) is 15.8. The molecule has 0 spiro atoms. The lowest BCUT2D eigenvalue weighted by Gasteiger charge is -2.29. The number of rotatable bonds is 4. The highest BCUT2D eigenvalue weighted by molar-refractivity contribution is 7.21. The van der Waals surface area contributed by atoms with Gasteiger partial charge in [0.15, 0.2) is 0 Å². The SMILES string of the molecule is Cc1ccc2nc(-c3ccc(NC(=O)Nc4ccc5c(c4)C(=O)N(C4CCCCC4)C5=O)cc3)sc2c1. The first-order valence-electron chi connectivity index (χ1n) is 12.5. The highest BCUT2D eigenvalue weighted by Gasteiger charge is 2.40. The first kappa shape index (κ1) is 23.4. The minimum Gasteiger partial charge on any atom is -0.308 e. The number of aryl methyl sites for hydroxylation is 1. The van der Waals surface area contributed by atoms with E-state index in [9.17, 15) is 14.4 Å². The number of carbonyl (C=O) groups excluding carboxylic acids is 3. The van der Waals surface area contributed by atoms with Crippen molar-refractivity contribution in [3.63, 3.8) is 0 Å². The lowest BCUT2D eigenvalue weighted by atomic mass is 9.94. The van der Waals surface area contributed by atoms with E-state index in [1.807, 2.05) is 30.3 Å². The number of hydrogen-bond acceptors (Lipinski definition) is 5. The molecule has 7 nitrogen and oxygen atoms in total. The number of thiazole rings is 1. The van der Waals surface area contributed by atoms with E-state index in [0.717, 1.165) is 52.9 Å². The number of nitrogens with zero attached hydrogens (tertiary/aromatic N) is 2. The Morgan fingerprint density at radius 1 is 0.865 bits per heavy atom. The standard InChI is InChI=1S/C29H26N4O3S/c1-17-7-14-24-25(15-17)37-26(32-24)18-8-10-19(11-9-18)30-29(36)31-20-12-13-22-23(16-20)28(35)33(27(22)34)21-5-3-2-4-6-21/h7-16,21H,2-6H2,1H3,(H2,30,31,36). The van der Waals surface area contributed by atoms with E-state index in [0.29, 0.717) is 22.5 Å². The van der Waals surface area contributed by atoms with Gasteiger partial charge in [0.2, 0.25) is 0 Å². The number of urea groups is 1. The van der Waals surface area contributed by atoms with E-state index in [4.69, 9.17) is 4.98 Å². The molecule has 0 unspecified atom stereocenters. The number of aromatic nitrogens is 1.